The van der Waals surface area contributed by atoms with Gasteiger partial charge in [0.05, 0.1) is 23.2 Å². The second-order valence-corrected chi connectivity index (χ2v) is 11.0. The maximum atomic E-state index is 15.1. The summed E-state index contributed by atoms with van der Waals surface area (Å²) in [4.78, 5) is 30.8. The first-order valence-electron chi connectivity index (χ1n) is 11.6. The van der Waals surface area contributed by atoms with E-state index in [4.69, 9.17) is 21.3 Å². The molecule has 4 rings (SSSR count). The number of ether oxygens (including phenoxy) is 1. The van der Waals surface area contributed by atoms with E-state index in [0.717, 1.165) is 30.7 Å². The Balaban J connectivity index is 1.82. The number of pyridine rings is 1. The summed E-state index contributed by atoms with van der Waals surface area (Å²) in [6.45, 7) is 10.8. The van der Waals surface area contributed by atoms with Gasteiger partial charge in [-0.05, 0) is 52.2 Å². The van der Waals surface area contributed by atoms with Crippen molar-refractivity contribution in [2.75, 3.05) is 23.7 Å². The third-order valence-electron chi connectivity index (χ3n) is 6.11. The Hall–Kier alpha value is -1.87. The molecule has 2 aliphatic rings. The monoisotopic (exact) mass is 495 g/mol. The lowest BCUT2D eigenvalue weighted by Crippen LogP contribution is -2.62. The molecular formula is C23H31ClFN5O2S. The van der Waals surface area contributed by atoms with Crippen LogP contribution >= 0.6 is 23.4 Å². The second-order valence-electron chi connectivity index (χ2n) is 9.45. The third kappa shape index (κ3) is 4.71. The van der Waals surface area contributed by atoms with E-state index in [-0.39, 0.29) is 28.8 Å². The molecule has 0 radical (unpaired) electrons. The molecule has 1 amide bonds. The molecule has 0 N–H and O–H groups in total. The smallest absolute Gasteiger partial charge is 0.410 e. The summed E-state index contributed by atoms with van der Waals surface area (Å²) < 4.78 is 20.8. The first kappa shape index (κ1) is 24.3. The van der Waals surface area contributed by atoms with Gasteiger partial charge in [-0.15, -0.1) is 0 Å². The third-order valence-corrected chi connectivity index (χ3v) is 7.09. The first-order valence-corrected chi connectivity index (χ1v) is 13.0. The van der Waals surface area contributed by atoms with Gasteiger partial charge in [0.2, 0.25) is 0 Å². The number of nitrogens with zero attached hydrogens (tertiary/aromatic N) is 5. The maximum absolute atomic E-state index is 15.1. The highest BCUT2D eigenvalue weighted by Gasteiger charge is 2.41. The largest absolute Gasteiger partial charge is 0.444 e. The van der Waals surface area contributed by atoms with Crippen molar-refractivity contribution >= 4 is 46.2 Å². The number of anilines is 1. The molecule has 1 fully saturated rings. The zero-order valence-electron chi connectivity index (χ0n) is 19.8. The van der Waals surface area contributed by atoms with E-state index in [1.165, 1.54) is 11.8 Å². The number of aromatic nitrogens is 3. The standard InChI is InChI=1S/C23H31ClFN5O2S/c1-6-14-15-10-8-9-13-16-18(17(25)19(24)26-13)27-21(33-7-2)28-20(16)29(15)11-12-30(14)22(31)32-23(3,4)5/h14-15H,6-12H2,1-5H3/t14-,15+/m0/s1. The van der Waals surface area contributed by atoms with Gasteiger partial charge in [-0.25, -0.2) is 24.1 Å². The van der Waals surface area contributed by atoms with E-state index in [1.54, 1.807) is 0 Å². The Morgan fingerprint density at radius 1 is 1.24 bits per heavy atom. The van der Waals surface area contributed by atoms with E-state index in [9.17, 15) is 4.79 Å². The lowest BCUT2D eigenvalue weighted by atomic mass is 9.91. The molecule has 0 unspecified atom stereocenters. The van der Waals surface area contributed by atoms with Crippen LogP contribution in [0.2, 0.25) is 5.15 Å². The summed E-state index contributed by atoms with van der Waals surface area (Å²) in [5, 5.41) is 1.02. The van der Waals surface area contributed by atoms with Gasteiger partial charge in [0.25, 0.3) is 0 Å². The fraction of sp³-hybridized carbons (Fsp3) is 0.652. The normalized spacial score (nSPS) is 20.9. The summed E-state index contributed by atoms with van der Waals surface area (Å²) in [5.74, 6) is 0.862. The van der Waals surface area contributed by atoms with Gasteiger partial charge in [-0.3, -0.25) is 0 Å². The molecular weight excluding hydrogens is 465 g/mol. The van der Waals surface area contributed by atoms with E-state index in [0.29, 0.717) is 35.9 Å². The van der Waals surface area contributed by atoms with Crippen molar-refractivity contribution in [2.24, 2.45) is 0 Å². The molecule has 7 nitrogen and oxygen atoms in total. The number of rotatable bonds is 3. The van der Waals surface area contributed by atoms with Crippen LogP contribution in [0, 0.1) is 5.82 Å². The van der Waals surface area contributed by atoms with Crippen LogP contribution in [0.3, 0.4) is 0 Å². The van der Waals surface area contributed by atoms with Crippen LogP contribution in [0.15, 0.2) is 5.16 Å². The molecule has 180 valence electrons. The molecule has 2 aromatic rings. The quantitative estimate of drug-likeness (QED) is 0.317. The van der Waals surface area contributed by atoms with Crippen molar-refractivity contribution in [3.63, 3.8) is 0 Å². The molecule has 0 aliphatic carbocycles. The minimum atomic E-state index is -0.603. The molecule has 0 spiro atoms. The molecule has 2 aromatic heterocycles. The summed E-state index contributed by atoms with van der Waals surface area (Å²) in [5.41, 5.74) is 0.412. The number of thioether (sulfide) groups is 1. The number of piperazine rings is 1. The predicted molar refractivity (Wildman–Crippen MR) is 130 cm³/mol. The molecule has 10 heteroatoms. The average Bonchev–Trinajstić information content (AvgIpc) is 2.74. The predicted octanol–water partition coefficient (Wildman–Crippen LogP) is 5.47. The van der Waals surface area contributed by atoms with Crippen LogP contribution in [0.4, 0.5) is 15.0 Å². The molecule has 1 saturated heterocycles. The van der Waals surface area contributed by atoms with Gasteiger partial charge < -0.3 is 14.5 Å². The summed E-state index contributed by atoms with van der Waals surface area (Å²) >= 11 is 7.61. The van der Waals surface area contributed by atoms with Gasteiger partial charge in [0.15, 0.2) is 16.1 Å². The summed E-state index contributed by atoms with van der Waals surface area (Å²) in [6, 6.07) is 0.00767. The molecule has 2 atom stereocenters. The van der Waals surface area contributed by atoms with Gasteiger partial charge in [0.1, 0.15) is 16.9 Å². The fourth-order valence-corrected chi connectivity index (χ4v) is 5.61. The Bertz CT molecular complexity index is 1060. The van der Waals surface area contributed by atoms with Crippen LogP contribution in [0.5, 0.6) is 0 Å². The van der Waals surface area contributed by atoms with Gasteiger partial charge in [-0.2, -0.15) is 0 Å². The Labute approximate surface area is 203 Å². The van der Waals surface area contributed by atoms with Gasteiger partial charge >= 0.3 is 6.09 Å². The lowest BCUT2D eigenvalue weighted by Gasteiger charge is -2.48. The maximum Gasteiger partial charge on any atom is 0.410 e. The van der Waals surface area contributed by atoms with Crippen molar-refractivity contribution in [1.82, 2.24) is 19.9 Å². The number of halogens is 2. The van der Waals surface area contributed by atoms with Crippen molar-refractivity contribution in [3.05, 3.63) is 16.7 Å². The van der Waals surface area contributed by atoms with Crippen LogP contribution in [-0.4, -0.2) is 62.5 Å². The minimum absolute atomic E-state index is 0.0347. The Morgan fingerprint density at radius 3 is 2.67 bits per heavy atom. The van der Waals surface area contributed by atoms with Crippen molar-refractivity contribution in [1.29, 1.82) is 0 Å². The van der Waals surface area contributed by atoms with E-state index in [1.807, 2.05) is 32.6 Å². The Morgan fingerprint density at radius 2 is 2.00 bits per heavy atom. The number of carbonyl (C=O) groups is 1. The number of carbonyl (C=O) groups excluding carboxylic acids is 1. The molecule has 0 aromatic carbocycles. The van der Waals surface area contributed by atoms with Crippen molar-refractivity contribution < 1.29 is 13.9 Å². The lowest BCUT2D eigenvalue weighted by molar-refractivity contribution is 0.00779. The first-order chi connectivity index (χ1) is 15.6. The van der Waals surface area contributed by atoms with Crippen molar-refractivity contribution in [3.8, 4) is 0 Å². The van der Waals surface area contributed by atoms with E-state index in [2.05, 4.69) is 21.8 Å². The van der Waals surface area contributed by atoms with Crippen LogP contribution in [0.25, 0.3) is 10.9 Å². The molecule has 0 bridgehead atoms. The highest BCUT2D eigenvalue weighted by Crippen LogP contribution is 2.39. The van der Waals surface area contributed by atoms with E-state index < -0.39 is 11.4 Å². The number of aryl methyl sites for hydroxylation is 1. The molecule has 2 aliphatic heterocycles. The highest BCUT2D eigenvalue weighted by atomic mass is 35.5. The Kier molecular flexibility index (Phi) is 6.92. The van der Waals surface area contributed by atoms with Crippen molar-refractivity contribution in [2.45, 2.75) is 83.1 Å². The van der Waals surface area contributed by atoms with Crippen LogP contribution in [0.1, 0.15) is 59.6 Å². The fourth-order valence-electron chi connectivity index (χ4n) is 4.85. The molecule has 4 heterocycles. The average molecular weight is 496 g/mol. The zero-order valence-corrected chi connectivity index (χ0v) is 21.4. The summed E-state index contributed by atoms with van der Waals surface area (Å²) in [7, 11) is 0. The van der Waals surface area contributed by atoms with Crippen LogP contribution in [-0.2, 0) is 11.2 Å². The number of amides is 1. The summed E-state index contributed by atoms with van der Waals surface area (Å²) in [6.07, 6.45) is 2.85. The number of hydrogen-bond donors (Lipinski definition) is 0. The minimum Gasteiger partial charge on any atom is -0.444 e. The number of fused-ring (bicyclic) bond motifs is 2. The number of hydrogen-bond acceptors (Lipinski definition) is 7. The second kappa shape index (κ2) is 9.41. The van der Waals surface area contributed by atoms with Crippen LogP contribution < -0.4 is 4.90 Å². The van der Waals surface area contributed by atoms with Gasteiger partial charge in [-0.1, -0.05) is 37.2 Å². The SMILES string of the molecule is CCSc1nc2c3c(nc(Cl)c(F)c3n1)CCC[C@@H]1[C@H](CC)N(C(=O)OC(C)(C)C)CCN21. The molecule has 33 heavy (non-hydrogen) atoms. The zero-order chi connectivity index (χ0) is 23.9. The highest BCUT2D eigenvalue weighted by molar-refractivity contribution is 7.99. The van der Waals surface area contributed by atoms with E-state index >= 15 is 4.39 Å². The topological polar surface area (TPSA) is 71.5 Å². The van der Waals surface area contributed by atoms with Gasteiger partial charge in [0, 0.05) is 13.1 Å². The molecule has 0 saturated carbocycles.